The van der Waals surface area contributed by atoms with Crippen LogP contribution in [0.1, 0.15) is 75.5 Å². The normalized spacial score (nSPS) is 24.9. The average molecular weight is 332 g/mol. The van der Waals surface area contributed by atoms with Crippen molar-refractivity contribution in [3.05, 3.63) is 17.5 Å². The fraction of sp³-hybridized carbons (Fsp3) is 0.722. The Morgan fingerprint density at radius 2 is 1.88 bits per heavy atom. The fourth-order valence-electron chi connectivity index (χ4n) is 3.48. The van der Waals surface area contributed by atoms with Crippen molar-refractivity contribution >= 4 is 11.8 Å². The number of likely N-dealkylation sites (tertiary alicyclic amines) is 1. The molecule has 132 valence electrons. The molecule has 3 rings (SSSR count). The molecule has 1 saturated carbocycles. The Morgan fingerprint density at radius 1 is 1.21 bits per heavy atom. The molecular formula is C18H28N4O2. The number of nitrogens with two attached hydrogens (primary N) is 1. The van der Waals surface area contributed by atoms with Crippen molar-refractivity contribution in [2.24, 2.45) is 11.7 Å². The number of amides is 2. The SMILES string of the molecule is C[C@@H]1CC[C@@H](C(N)=O)CN1C(=O)c1cc(C2CC2)n(C(C)(C)C)n1. The summed E-state index contributed by atoms with van der Waals surface area (Å²) in [6.07, 6.45) is 3.89. The smallest absolute Gasteiger partial charge is 0.274 e. The third-order valence-electron chi connectivity index (χ3n) is 5.13. The monoisotopic (exact) mass is 332 g/mol. The van der Waals surface area contributed by atoms with Gasteiger partial charge in [-0.2, -0.15) is 5.10 Å². The molecule has 0 radical (unpaired) electrons. The molecule has 6 heteroatoms. The van der Waals surface area contributed by atoms with Gasteiger partial charge in [-0.1, -0.05) is 0 Å². The second-order valence-corrected chi connectivity index (χ2v) is 8.29. The van der Waals surface area contributed by atoms with Gasteiger partial charge in [0.2, 0.25) is 5.91 Å². The largest absolute Gasteiger partial charge is 0.369 e. The molecular weight excluding hydrogens is 304 g/mol. The van der Waals surface area contributed by atoms with E-state index in [-0.39, 0.29) is 29.3 Å². The molecule has 24 heavy (non-hydrogen) atoms. The standard InChI is InChI=1S/C18H28N4O2/c1-11-5-6-13(16(19)23)10-21(11)17(24)14-9-15(12-7-8-12)22(20-14)18(2,3)4/h9,11-13H,5-8,10H2,1-4H3,(H2,19,23)/t11-,13-/m1/s1. The molecule has 0 aromatic carbocycles. The van der Waals surface area contributed by atoms with Crippen molar-refractivity contribution in [2.75, 3.05) is 6.54 Å². The molecule has 2 atom stereocenters. The Morgan fingerprint density at radius 3 is 2.42 bits per heavy atom. The summed E-state index contributed by atoms with van der Waals surface area (Å²) >= 11 is 0. The highest BCUT2D eigenvalue weighted by Gasteiger charge is 2.36. The van der Waals surface area contributed by atoms with Gasteiger partial charge in [-0.25, -0.2) is 0 Å². The number of piperidine rings is 1. The summed E-state index contributed by atoms with van der Waals surface area (Å²) in [5.74, 6) is -0.134. The Hall–Kier alpha value is -1.85. The van der Waals surface area contributed by atoms with Gasteiger partial charge in [-0.05, 0) is 59.4 Å². The minimum atomic E-state index is -0.321. The van der Waals surface area contributed by atoms with Crippen LogP contribution >= 0.6 is 0 Å². The van der Waals surface area contributed by atoms with Crippen LogP contribution in [0.4, 0.5) is 0 Å². The topological polar surface area (TPSA) is 81.2 Å². The molecule has 2 heterocycles. The number of hydrogen-bond donors (Lipinski definition) is 1. The number of nitrogens with zero attached hydrogens (tertiary/aromatic N) is 3. The predicted molar refractivity (Wildman–Crippen MR) is 91.6 cm³/mol. The number of hydrogen-bond acceptors (Lipinski definition) is 3. The first-order valence-corrected chi connectivity index (χ1v) is 8.89. The molecule has 1 aliphatic heterocycles. The quantitative estimate of drug-likeness (QED) is 0.921. The summed E-state index contributed by atoms with van der Waals surface area (Å²) in [6, 6.07) is 2.06. The van der Waals surface area contributed by atoms with Gasteiger partial charge in [0.25, 0.3) is 5.91 Å². The zero-order valence-electron chi connectivity index (χ0n) is 15.1. The number of aromatic nitrogens is 2. The maximum absolute atomic E-state index is 13.0. The molecule has 2 N–H and O–H groups in total. The van der Waals surface area contributed by atoms with Crippen LogP contribution in [0.5, 0.6) is 0 Å². The lowest BCUT2D eigenvalue weighted by molar-refractivity contribution is -0.123. The van der Waals surface area contributed by atoms with Crippen LogP contribution < -0.4 is 5.73 Å². The van der Waals surface area contributed by atoms with Crippen molar-refractivity contribution < 1.29 is 9.59 Å². The Balaban J connectivity index is 1.88. The van der Waals surface area contributed by atoms with E-state index < -0.39 is 0 Å². The van der Waals surface area contributed by atoms with E-state index in [9.17, 15) is 9.59 Å². The molecule has 1 saturated heterocycles. The highest BCUT2D eigenvalue weighted by Crippen LogP contribution is 2.42. The van der Waals surface area contributed by atoms with Gasteiger partial charge in [-0.15, -0.1) is 0 Å². The Labute approximate surface area is 143 Å². The zero-order chi connectivity index (χ0) is 17.6. The summed E-state index contributed by atoms with van der Waals surface area (Å²) < 4.78 is 2.00. The van der Waals surface area contributed by atoms with Gasteiger partial charge in [0, 0.05) is 24.2 Å². The van der Waals surface area contributed by atoms with Gasteiger partial charge in [0.15, 0.2) is 5.69 Å². The summed E-state index contributed by atoms with van der Waals surface area (Å²) in [5, 5.41) is 4.63. The molecule has 2 fully saturated rings. The lowest BCUT2D eigenvalue weighted by Crippen LogP contribution is -2.48. The Kier molecular flexibility index (Phi) is 4.18. The fourth-order valence-corrected chi connectivity index (χ4v) is 3.48. The second kappa shape index (κ2) is 5.90. The van der Waals surface area contributed by atoms with Crippen LogP contribution in [0.25, 0.3) is 0 Å². The first kappa shape index (κ1) is 17.0. The van der Waals surface area contributed by atoms with Crippen LogP contribution in [0.3, 0.4) is 0 Å². The summed E-state index contributed by atoms with van der Waals surface area (Å²) in [7, 11) is 0. The molecule has 6 nitrogen and oxygen atoms in total. The summed E-state index contributed by atoms with van der Waals surface area (Å²) in [6.45, 7) is 8.74. The lowest BCUT2D eigenvalue weighted by Gasteiger charge is -2.36. The van der Waals surface area contributed by atoms with E-state index in [0.29, 0.717) is 18.2 Å². The highest BCUT2D eigenvalue weighted by molar-refractivity contribution is 5.93. The number of carbonyl (C=O) groups excluding carboxylic acids is 2. The molecule has 1 aromatic heterocycles. The highest BCUT2D eigenvalue weighted by atomic mass is 16.2. The number of rotatable bonds is 3. The molecule has 2 amide bonds. The van der Waals surface area contributed by atoms with Gasteiger partial charge in [0.1, 0.15) is 0 Å². The minimum Gasteiger partial charge on any atom is -0.369 e. The van der Waals surface area contributed by atoms with E-state index in [1.165, 1.54) is 12.8 Å². The van der Waals surface area contributed by atoms with Gasteiger partial charge in [0.05, 0.1) is 11.5 Å². The maximum Gasteiger partial charge on any atom is 0.274 e. The molecule has 1 aliphatic carbocycles. The Bertz CT molecular complexity index is 654. The predicted octanol–water partition coefficient (Wildman–Crippen LogP) is 2.24. The summed E-state index contributed by atoms with van der Waals surface area (Å²) in [5.41, 5.74) is 6.94. The van der Waals surface area contributed by atoms with Crippen molar-refractivity contribution in [1.29, 1.82) is 0 Å². The van der Waals surface area contributed by atoms with E-state index in [4.69, 9.17) is 5.73 Å². The molecule has 0 bridgehead atoms. The van der Waals surface area contributed by atoms with E-state index in [2.05, 4.69) is 25.9 Å². The van der Waals surface area contributed by atoms with E-state index >= 15 is 0 Å². The molecule has 0 spiro atoms. The zero-order valence-corrected chi connectivity index (χ0v) is 15.1. The molecule has 0 unspecified atom stereocenters. The molecule has 2 aliphatic rings. The van der Waals surface area contributed by atoms with Crippen molar-refractivity contribution in [3.63, 3.8) is 0 Å². The van der Waals surface area contributed by atoms with E-state index in [0.717, 1.165) is 18.5 Å². The average Bonchev–Trinajstić information content (AvgIpc) is 3.23. The van der Waals surface area contributed by atoms with Gasteiger partial charge >= 0.3 is 0 Å². The van der Waals surface area contributed by atoms with Crippen molar-refractivity contribution in [3.8, 4) is 0 Å². The summed E-state index contributed by atoms with van der Waals surface area (Å²) in [4.78, 5) is 26.3. The van der Waals surface area contributed by atoms with Crippen molar-refractivity contribution in [2.45, 2.75) is 70.9 Å². The van der Waals surface area contributed by atoms with E-state index in [1.54, 1.807) is 4.90 Å². The van der Waals surface area contributed by atoms with Crippen LogP contribution in [0.2, 0.25) is 0 Å². The van der Waals surface area contributed by atoms with Gasteiger partial charge in [-0.3, -0.25) is 14.3 Å². The first-order valence-electron chi connectivity index (χ1n) is 8.89. The maximum atomic E-state index is 13.0. The van der Waals surface area contributed by atoms with E-state index in [1.807, 2.05) is 17.7 Å². The van der Waals surface area contributed by atoms with Gasteiger partial charge < -0.3 is 10.6 Å². The van der Waals surface area contributed by atoms with Crippen LogP contribution in [-0.2, 0) is 10.3 Å². The van der Waals surface area contributed by atoms with Crippen LogP contribution in [0.15, 0.2) is 6.07 Å². The third-order valence-corrected chi connectivity index (χ3v) is 5.13. The third kappa shape index (κ3) is 3.19. The van der Waals surface area contributed by atoms with Crippen molar-refractivity contribution in [1.82, 2.24) is 14.7 Å². The minimum absolute atomic E-state index is 0.0849. The first-order chi connectivity index (χ1) is 11.2. The van der Waals surface area contributed by atoms with Crippen LogP contribution in [-0.4, -0.2) is 39.1 Å². The molecule has 1 aromatic rings. The second-order valence-electron chi connectivity index (χ2n) is 8.29. The number of carbonyl (C=O) groups is 2. The number of primary amides is 1. The van der Waals surface area contributed by atoms with Crippen LogP contribution in [0, 0.1) is 5.92 Å². The lowest BCUT2D eigenvalue weighted by atomic mass is 9.92.